The van der Waals surface area contributed by atoms with E-state index in [1.54, 1.807) is 105 Å². The fourth-order valence-electron chi connectivity index (χ4n) is 7.18. The molecule has 7 aromatic rings. The fraction of sp³-hybridized carbons (Fsp3) is 0.189. The molecule has 0 unspecified atom stereocenters. The lowest BCUT2D eigenvalue weighted by molar-refractivity contribution is -0.275. The van der Waals surface area contributed by atoms with Crippen LogP contribution in [0.4, 0.5) is 0 Å². The van der Waals surface area contributed by atoms with Crippen molar-refractivity contribution in [3.8, 4) is 17.2 Å². The summed E-state index contributed by atoms with van der Waals surface area (Å²) in [7, 11) is 0. The van der Waals surface area contributed by atoms with E-state index < -0.39 is 72.9 Å². The van der Waals surface area contributed by atoms with Crippen molar-refractivity contribution >= 4 is 34.8 Å². The van der Waals surface area contributed by atoms with Crippen LogP contribution in [0.15, 0.2) is 179 Å². The van der Waals surface area contributed by atoms with E-state index in [0.717, 1.165) is 5.56 Å². The molecule has 1 aliphatic rings. The Hall–Kier alpha value is -8.23. The molecule has 0 spiro atoms. The molecule has 0 N–H and O–H groups in total. The summed E-state index contributed by atoms with van der Waals surface area (Å²) in [5, 5.41) is 0.364. The van der Waals surface area contributed by atoms with Gasteiger partial charge < -0.3 is 42.3 Å². The lowest BCUT2D eigenvalue weighted by Crippen LogP contribution is -2.63. The average molecular weight is 905 g/mol. The van der Waals surface area contributed by atoms with Crippen molar-refractivity contribution in [3.63, 3.8) is 0 Å². The highest BCUT2D eigenvalue weighted by Crippen LogP contribution is 2.38. The number of rotatable bonds is 16. The average Bonchev–Trinajstić information content (AvgIpc) is 3.36. The molecule has 1 saturated heterocycles. The normalized spacial score (nSPS) is 17.7. The molecule has 0 bridgehead atoms. The number of carbonyl (C=O) groups excluding carboxylic acids is 4. The van der Waals surface area contributed by atoms with Crippen LogP contribution in [0, 0.1) is 0 Å². The second-order valence-corrected chi connectivity index (χ2v) is 15.5. The zero-order valence-corrected chi connectivity index (χ0v) is 36.3. The Morgan fingerprint density at radius 3 is 1.55 bits per heavy atom. The van der Waals surface area contributed by atoms with Gasteiger partial charge in [-0.1, -0.05) is 103 Å². The fourth-order valence-corrected chi connectivity index (χ4v) is 7.18. The largest absolute Gasteiger partial charge is 0.484 e. The monoisotopic (exact) mass is 904 g/mol. The first-order valence-electron chi connectivity index (χ1n) is 21.4. The molecule has 8 rings (SSSR count). The Bertz CT molecular complexity index is 2850. The van der Waals surface area contributed by atoms with Gasteiger partial charge in [-0.3, -0.25) is 0 Å². The summed E-state index contributed by atoms with van der Waals surface area (Å²) in [6, 6.07) is 46.1. The van der Waals surface area contributed by atoms with Gasteiger partial charge >= 0.3 is 29.5 Å². The Morgan fingerprint density at radius 2 is 1.03 bits per heavy atom. The van der Waals surface area contributed by atoms with E-state index >= 15 is 0 Å². The van der Waals surface area contributed by atoms with Crippen molar-refractivity contribution in [1.82, 2.24) is 0 Å². The van der Waals surface area contributed by atoms with E-state index in [1.165, 1.54) is 48.5 Å². The van der Waals surface area contributed by atoms with Crippen molar-refractivity contribution in [2.24, 2.45) is 0 Å². The van der Waals surface area contributed by atoms with E-state index in [-0.39, 0.29) is 51.7 Å². The molecule has 14 heteroatoms. The minimum atomic E-state index is -1.68. The van der Waals surface area contributed by atoms with E-state index in [2.05, 4.69) is 0 Å². The number of hydrogen-bond donors (Lipinski definition) is 0. The lowest BCUT2D eigenvalue weighted by Gasteiger charge is -2.44. The third-order valence-electron chi connectivity index (χ3n) is 10.4. The Morgan fingerprint density at radius 1 is 0.552 bits per heavy atom. The van der Waals surface area contributed by atoms with Crippen molar-refractivity contribution < 1.29 is 61.5 Å². The smallest absolute Gasteiger partial charge is 0.383 e. The molecule has 0 aliphatic carbocycles. The summed E-state index contributed by atoms with van der Waals surface area (Å²) in [4.78, 5) is 68.9. The molecule has 0 radical (unpaired) electrons. The van der Waals surface area contributed by atoms with E-state index in [4.69, 9.17) is 42.3 Å². The van der Waals surface area contributed by atoms with E-state index in [9.17, 15) is 24.0 Å². The van der Waals surface area contributed by atoms with Crippen molar-refractivity contribution in [2.45, 2.75) is 57.3 Å². The van der Waals surface area contributed by atoms with Crippen molar-refractivity contribution in [3.05, 3.63) is 208 Å². The van der Waals surface area contributed by atoms with Gasteiger partial charge in [0, 0.05) is 6.07 Å². The zero-order valence-electron chi connectivity index (χ0n) is 36.3. The van der Waals surface area contributed by atoms with Gasteiger partial charge in [0.15, 0.2) is 18.0 Å². The van der Waals surface area contributed by atoms with Crippen LogP contribution in [-0.2, 0) is 30.3 Å². The molecule has 2 heterocycles. The predicted octanol–water partition coefficient (Wildman–Crippen LogP) is 8.80. The molecule has 14 nitrogen and oxygen atoms in total. The molecular formula is C53H44O14. The maximum atomic E-state index is 14.1. The summed E-state index contributed by atoms with van der Waals surface area (Å²) < 4.78 is 55.1. The number of esters is 4. The molecule has 1 fully saturated rings. The highest BCUT2D eigenvalue weighted by Gasteiger charge is 2.54. The van der Waals surface area contributed by atoms with Crippen LogP contribution in [0.25, 0.3) is 11.0 Å². The Balaban J connectivity index is 1.21. The van der Waals surface area contributed by atoms with Crippen LogP contribution in [-0.4, -0.2) is 67.3 Å². The Labute approximate surface area is 384 Å². The second-order valence-electron chi connectivity index (χ2n) is 15.5. The van der Waals surface area contributed by atoms with Crippen LogP contribution in [0.1, 0.15) is 60.8 Å². The number of benzene rings is 6. The Kier molecular flexibility index (Phi) is 14.3. The summed E-state index contributed by atoms with van der Waals surface area (Å²) in [5.41, 5.74) is 0.656. The first-order valence-corrected chi connectivity index (χ1v) is 21.4. The van der Waals surface area contributed by atoms with E-state index in [0.29, 0.717) is 5.39 Å². The second kappa shape index (κ2) is 21.2. The van der Waals surface area contributed by atoms with Crippen molar-refractivity contribution in [2.75, 3.05) is 6.61 Å². The lowest BCUT2D eigenvalue weighted by atomic mass is 9.97. The minimum Gasteiger partial charge on any atom is -0.484 e. The molecule has 6 aromatic carbocycles. The summed E-state index contributed by atoms with van der Waals surface area (Å²) in [6.45, 7) is 3.07. The summed E-state index contributed by atoms with van der Waals surface area (Å²) in [5.74, 6) is -3.28. The number of hydrogen-bond acceptors (Lipinski definition) is 14. The van der Waals surface area contributed by atoms with Crippen LogP contribution in [0.5, 0.6) is 17.2 Å². The van der Waals surface area contributed by atoms with Crippen LogP contribution in [0.3, 0.4) is 0 Å². The highest BCUT2D eigenvalue weighted by atomic mass is 16.7. The number of ether oxygens (including phenoxy) is 8. The molecule has 67 heavy (non-hydrogen) atoms. The third kappa shape index (κ3) is 11.2. The molecule has 0 amide bonds. The first kappa shape index (κ1) is 45.3. The maximum Gasteiger partial charge on any atom is 0.383 e. The number of carbonyl (C=O) groups is 4. The van der Waals surface area contributed by atoms with Crippen LogP contribution in [0.2, 0.25) is 0 Å². The molecule has 0 saturated carbocycles. The van der Waals surface area contributed by atoms with Gasteiger partial charge in [0.1, 0.15) is 30.7 Å². The van der Waals surface area contributed by atoms with Crippen molar-refractivity contribution in [1.29, 1.82) is 0 Å². The molecule has 5 atom stereocenters. The van der Waals surface area contributed by atoms with Gasteiger partial charge in [-0.2, -0.15) is 0 Å². The zero-order chi connectivity index (χ0) is 46.7. The first-order chi connectivity index (χ1) is 32.6. The predicted molar refractivity (Wildman–Crippen MR) is 242 cm³/mol. The third-order valence-corrected chi connectivity index (χ3v) is 10.4. The molecule has 1 aromatic heterocycles. The van der Waals surface area contributed by atoms with Gasteiger partial charge in [0.05, 0.1) is 33.7 Å². The van der Waals surface area contributed by atoms with Crippen LogP contribution < -0.4 is 19.8 Å². The standard InChI is InChI=1S/C53H44O14/c1-33(2)61-46-43(59-31-34-18-8-3-9-19-34)40-29-28-39(30-41(40)63-52(46)58)62-53-47(67-51(57)38-26-16-7-17-27-38)45(66-50(56)37-24-14-6-15-25-37)44(65-49(55)36-22-12-5-13-23-36)42(64-53)32-60-48(54)35-20-10-4-11-21-35/h3-30,33,42,44-45,47,53H,31-32H2,1-2H3/t42-,44-,45+,47+,53+/m1/s1. The molecular weight excluding hydrogens is 861 g/mol. The number of fused-ring (bicyclic) bond motifs is 1. The minimum absolute atomic E-state index is 0.0286. The summed E-state index contributed by atoms with van der Waals surface area (Å²) in [6.07, 6.45) is -8.42. The molecule has 340 valence electrons. The highest BCUT2D eigenvalue weighted by molar-refractivity contribution is 5.92. The SMILES string of the molecule is CC(C)Oc1c(OCc2ccccc2)c2ccc(O[C@H]3O[C@H](COC(=O)c4ccccc4)[C@@H](OC(=O)c4ccccc4)[C@H](OC(=O)c4ccccc4)[C@@H]3OC(=O)c3ccccc3)cc2oc1=O. The molecule has 1 aliphatic heterocycles. The topological polar surface area (TPSA) is 172 Å². The quantitative estimate of drug-likeness (QED) is 0.0512. The van der Waals surface area contributed by atoms with E-state index in [1.807, 2.05) is 30.3 Å². The van der Waals surface area contributed by atoms with Gasteiger partial charge in [0.25, 0.3) is 0 Å². The maximum absolute atomic E-state index is 14.1. The van der Waals surface area contributed by atoms with Crippen LogP contribution >= 0.6 is 0 Å². The van der Waals surface area contributed by atoms with Gasteiger partial charge in [-0.25, -0.2) is 24.0 Å². The summed E-state index contributed by atoms with van der Waals surface area (Å²) >= 11 is 0. The van der Waals surface area contributed by atoms with Gasteiger partial charge in [-0.05, 0) is 80.1 Å². The van der Waals surface area contributed by atoms with Gasteiger partial charge in [-0.15, -0.1) is 0 Å². The van der Waals surface area contributed by atoms with Gasteiger partial charge in [0.2, 0.25) is 18.1 Å².